The quantitative estimate of drug-likeness (QED) is 0.880. The van der Waals surface area contributed by atoms with Crippen LogP contribution < -0.4 is 0 Å². The van der Waals surface area contributed by atoms with Gasteiger partial charge in [-0.05, 0) is 17.7 Å². The maximum atomic E-state index is 12.7. The number of aliphatic hydroxyl groups excluding tert-OH is 1. The second-order valence-corrected chi connectivity index (χ2v) is 5.69. The molecule has 0 radical (unpaired) electrons. The zero-order valence-corrected chi connectivity index (χ0v) is 11.1. The number of benzene rings is 1. The van der Waals surface area contributed by atoms with E-state index < -0.39 is 23.1 Å². The predicted molar refractivity (Wildman–Crippen MR) is 66.0 cm³/mol. The van der Waals surface area contributed by atoms with Gasteiger partial charge in [0.2, 0.25) is 0 Å². The van der Waals surface area contributed by atoms with Gasteiger partial charge in [-0.1, -0.05) is 6.07 Å². The van der Waals surface area contributed by atoms with Gasteiger partial charge in [-0.15, -0.1) is 11.8 Å². The Kier molecular flexibility index (Phi) is 3.02. The zero-order chi connectivity index (χ0) is 14.5. The highest BCUT2D eigenvalue weighted by Crippen LogP contribution is 2.53. The number of aliphatic hydroxyl groups is 1. The van der Waals surface area contributed by atoms with Crippen molar-refractivity contribution in [2.45, 2.75) is 22.4 Å². The van der Waals surface area contributed by atoms with Crippen LogP contribution in [-0.4, -0.2) is 19.9 Å². The van der Waals surface area contributed by atoms with E-state index >= 15 is 0 Å². The molecule has 0 fully saturated rings. The second-order valence-electron chi connectivity index (χ2n) is 4.51. The molecule has 1 N–H and O–H groups in total. The van der Waals surface area contributed by atoms with Gasteiger partial charge >= 0.3 is 6.18 Å². The number of fused-ring (bicyclic) bond motifs is 1. The third kappa shape index (κ3) is 2.18. The molecule has 2 heterocycles. The Balaban J connectivity index is 1.96. The van der Waals surface area contributed by atoms with Crippen LogP contribution in [0.25, 0.3) is 0 Å². The van der Waals surface area contributed by atoms with E-state index in [0.717, 1.165) is 23.9 Å². The van der Waals surface area contributed by atoms with E-state index in [1.54, 1.807) is 7.05 Å². The van der Waals surface area contributed by atoms with Gasteiger partial charge in [0.25, 0.3) is 0 Å². The molecular weight excluding hydrogens is 291 g/mol. The lowest BCUT2D eigenvalue weighted by atomic mass is 10.0. The van der Waals surface area contributed by atoms with Crippen LogP contribution in [0.4, 0.5) is 13.2 Å². The van der Waals surface area contributed by atoms with Crippen molar-refractivity contribution in [3.8, 4) is 0 Å². The lowest BCUT2D eigenvalue weighted by molar-refractivity contribution is -0.137. The standard InChI is InChI=1S/C12H10F3N3OS/c1-18-5-16-11(17-18)10-9(19)7-3-2-6(12(13,14)15)4-8(7)20-10/h2-5,9-10,19H,1H3/t9-,10+/m0/s1. The minimum Gasteiger partial charge on any atom is -0.387 e. The van der Waals surface area contributed by atoms with Crippen LogP contribution in [0.15, 0.2) is 29.4 Å². The van der Waals surface area contributed by atoms with E-state index in [1.165, 1.54) is 17.1 Å². The first kappa shape index (κ1) is 13.4. The monoisotopic (exact) mass is 301 g/mol. The van der Waals surface area contributed by atoms with Crippen molar-refractivity contribution in [1.29, 1.82) is 0 Å². The highest BCUT2D eigenvalue weighted by Gasteiger charge is 2.38. The van der Waals surface area contributed by atoms with Crippen molar-refractivity contribution < 1.29 is 18.3 Å². The second kappa shape index (κ2) is 4.49. The summed E-state index contributed by atoms with van der Waals surface area (Å²) in [6, 6.07) is 3.36. The van der Waals surface area contributed by atoms with E-state index in [4.69, 9.17) is 0 Å². The molecule has 2 aromatic rings. The van der Waals surface area contributed by atoms with Gasteiger partial charge in [0.15, 0.2) is 5.82 Å². The van der Waals surface area contributed by atoms with Gasteiger partial charge in [0, 0.05) is 11.9 Å². The number of rotatable bonds is 1. The summed E-state index contributed by atoms with van der Waals surface area (Å²) in [7, 11) is 1.69. The van der Waals surface area contributed by atoms with Gasteiger partial charge in [0.05, 0.1) is 11.7 Å². The Morgan fingerprint density at radius 1 is 1.35 bits per heavy atom. The van der Waals surface area contributed by atoms with E-state index in [-0.39, 0.29) is 0 Å². The van der Waals surface area contributed by atoms with Crippen LogP contribution >= 0.6 is 11.8 Å². The van der Waals surface area contributed by atoms with Crippen molar-refractivity contribution in [3.05, 3.63) is 41.5 Å². The van der Waals surface area contributed by atoms with Crippen molar-refractivity contribution in [2.24, 2.45) is 7.05 Å². The van der Waals surface area contributed by atoms with Crippen LogP contribution in [-0.2, 0) is 13.2 Å². The lowest BCUT2D eigenvalue weighted by Crippen LogP contribution is -2.06. The SMILES string of the molecule is Cn1cnc([C@@H]2Sc3cc(C(F)(F)F)ccc3[C@@H]2O)n1. The molecule has 1 aliphatic heterocycles. The maximum Gasteiger partial charge on any atom is 0.416 e. The first-order valence-corrected chi connectivity index (χ1v) is 6.65. The van der Waals surface area contributed by atoms with Crippen LogP contribution in [0, 0.1) is 0 Å². The number of hydrogen-bond donors (Lipinski definition) is 1. The number of aryl methyl sites for hydroxylation is 1. The molecule has 0 saturated carbocycles. The molecule has 2 atom stereocenters. The number of nitrogens with zero attached hydrogens (tertiary/aromatic N) is 3. The summed E-state index contributed by atoms with van der Waals surface area (Å²) < 4.78 is 39.5. The lowest BCUT2D eigenvalue weighted by Gasteiger charge is -2.10. The Bertz CT molecular complexity index is 656. The van der Waals surface area contributed by atoms with Crippen molar-refractivity contribution in [1.82, 2.24) is 14.8 Å². The Hall–Kier alpha value is -1.54. The van der Waals surface area contributed by atoms with E-state index in [9.17, 15) is 18.3 Å². The third-order valence-electron chi connectivity index (χ3n) is 3.07. The first-order valence-electron chi connectivity index (χ1n) is 5.77. The maximum absolute atomic E-state index is 12.7. The molecule has 1 aromatic carbocycles. The smallest absolute Gasteiger partial charge is 0.387 e. The zero-order valence-electron chi connectivity index (χ0n) is 10.3. The van der Waals surface area contributed by atoms with Crippen LogP contribution in [0.1, 0.15) is 28.3 Å². The average Bonchev–Trinajstić information content (AvgIpc) is 2.92. The first-order chi connectivity index (χ1) is 9.36. The van der Waals surface area contributed by atoms with Crippen molar-refractivity contribution in [3.63, 3.8) is 0 Å². The topological polar surface area (TPSA) is 50.9 Å². The van der Waals surface area contributed by atoms with Crippen molar-refractivity contribution >= 4 is 11.8 Å². The van der Waals surface area contributed by atoms with Gasteiger partial charge < -0.3 is 5.11 Å². The summed E-state index contributed by atoms with van der Waals surface area (Å²) in [5, 5.41) is 13.8. The summed E-state index contributed by atoms with van der Waals surface area (Å²) >= 11 is 1.15. The third-order valence-corrected chi connectivity index (χ3v) is 4.40. The molecule has 8 heteroatoms. The molecule has 0 aliphatic carbocycles. The van der Waals surface area contributed by atoms with Crippen molar-refractivity contribution in [2.75, 3.05) is 0 Å². The number of aromatic nitrogens is 3. The Morgan fingerprint density at radius 2 is 2.10 bits per heavy atom. The largest absolute Gasteiger partial charge is 0.416 e. The highest BCUT2D eigenvalue weighted by atomic mass is 32.2. The molecule has 1 aliphatic rings. The number of alkyl halides is 3. The van der Waals surface area contributed by atoms with Gasteiger partial charge in [-0.3, -0.25) is 4.68 Å². The van der Waals surface area contributed by atoms with Gasteiger partial charge in [-0.2, -0.15) is 18.3 Å². The minimum atomic E-state index is -4.39. The van der Waals surface area contributed by atoms with E-state index in [1.807, 2.05) is 0 Å². The van der Waals surface area contributed by atoms with E-state index in [0.29, 0.717) is 16.3 Å². The molecule has 1 aromatic heterocycles. The van der Waals surface area contributed by atoms with Gasteiger partial charge in [0.1, 0.15) is 11.6 Å². The average molecular weight is 301 g/mol. The number of thioether (sulfide) groups is 1. The summed E-state index contributed by atoms with van der Waals surface area (Å²) in [5.74, 6) is 0.412. The summed E-state index contributed by atoms with van der Waals surface area (Å²) in [4.78, 5) is 4.47. The molecule has 106 valence electrons. The summed E-state index contributed by atoms with van der Waals surface area (Å²) in [6.07, 6.45) is -3.80. The fourth-order valence-electron chi connectivity index (χ4n) is 2.10. The summed E-state index contributed by atoms with van der Waals surface area (Å²) in [6.45, 7) is 0. The number of halogens is 3. The molecule has 3 rings (SSSR count). The highest BCUT2D eigenvalue weighted by molar-refractivity contribution is 8.00. The van der Waals surface area contributed by atoms with Crippen LogP contribution in [0.5, 0.6) is 0 Å². The molecule has 0 bridgehead atoms. The van der Waals surface area contributed by atoms with Crippen LogP contribution in [0.3, 0.4) is 0 Å². The molecule has 0 spiro atoms. The fourth-order valence-corrected chi connectivity index (χ4v) is 3.38. The minimum absolute atomic E-state index is 0.412. The van der Waals surface area contributed by atoms with E-state index in [2.05, 4.69) is 10.1 Å². The molecule has 0 unspecified atom stereocenters. The molecule has 0 saturated heterocycles. The molecule has 0 amide bonds. The normalized spacial score (nSPS) is 22.1. The predicted octanol–water partition coefficient (Wildman–Crippen LogP) is 2.71. The fraction of sp³-hybridized carbons (Fsp3) is 0.333. The Labute approximate surface area is 116 Å². The molecule has 4 nitrogen and oxygen atoms in total. The number of hydrogen-bond acceptors (Lipinski definition) is 4. The van der Waals surface area contributed by atoms with Gasteiger partial charge in [-0.25, -0.2) is 4.98 Å². The summed E-state index contributed by atoms with van der Waals surface area (Å²) in [5.41, 5.74) is -0.231. The Morgan fingerprint density at radius 3 is 2.70 bits per heavy atom. The molecule has 20 heavy (non-hydrogen) atoms. The van der Waals surface area contributed by atoms with Crippen LogP contribution in [0.2, 0.25) is 0 Å². The molecular formula is C12H10F3N3OS.